The van der Waals surface area contributed by atoms with Gasteiger partial charge in [0.25, 0.3) is 0 Å². The zero-order valence-electron chi connectivity index (χ0n) is 27.7. The SMILES string of the molecule is CNC(=O)CC[C@]1(C)OC1CC1CC(C/C=C/C=C(\C)Cc2ccc(Cl)c(OC)c2)NC(=O)O1.CN[C@H](C)C(=O)O.CO.CO. The van der Waals surface area contributed by atoms with Crippen LogP contribution in [0.4, 0.5) is 4.79 Å². The maximum atomic E-state index is 12.0. The number of amides is 2. The van der Waals surface area contributed by atoms with Crippen LogP contribution in [0.5, 0.6) is 5.75 Å². The van der Waals surface area contributed by atoms with Crippen molar-refractivity contribution < 1.29 is 43.9 Å². The number of aliphatic hydroxyl groups excluding tert-OH is 2. The predicted molar refractivity (Wildman–Crippen MR) is 175 cm³/mol. The predicted octanol–water partition coefficient (Wildman–Crippen LogP) is 3.62. The molecule has 2 aliphatic rings. The van der Waals surface area contributed by atoms with Gasteiger partial charge in [-0.15, -0.1) is 0 Å². The summed E-state index contributed by atoms with van der Waals surface area (Å²) in [5, 5.41) is 30.8. The molecular weight excluding hydrogens is 606 g/mol. The quantitative estimate of drug-likeness (QED) is 0.136. The third-order valence-electron chi connectivity index (χ3n) is 7.22. The Labute approximate surface area is 272 Å². The largest absolute Gasteiger partial charge is 0.495 e. The second kappa shape index (κ2) is 22.4. The standard InChI is InChI=1S/C26H35ClN2O5.C4H9NO2.2CH4O/c1-17(13-18-9-10-21(27)22(14-18)32-4)7-5-6-8-19-15-20(33-25(31)29-19)16-23-26(2,34-23)12-11-24(30)28-3;1-3(5-2)4(6)7;2*1-2/h5-7,9-10,14,19-20,23H,8,11-13,15-16H2,1-4H3,(H,28,30)(H,29,31);3,5H,1-2H3,(H,6,7);2*2H,1H3/b6-5+,17-7+;;;/t19?,20?,23?,26-;3-;;/m01../s1. The number of benzene rings is 1. The first kappa shape index (κ1) is 41.8. The average molecular weight is 658 g/mol. The van der Waals surface area contributed by atoms with Crippen molar-refractivity contribution in [3.63, 3.8) is 0 Å². The maximum Gasteiger partial charge on any atom is 0.407 e. The van der Waals surface area contributed by atoms with Crippen molar-refractivity contribution in [2.45, 2.75) is 89.2 Å². The number of aliphatic carboxylic acids is 1. The Morgan fingerprint density at radius 1 is 1.24 bits per heavy atom. The molecule has 1 aromatic carbocycles. The molecule has 2 amide bonds. The molecule has 3 unspecified atom stereocenters. The number of allylic oxidation sites excluding steroid dienone is 3. The second-order valence-electron chi connectivity index (χ2n) is 10.6. The molecule has 45 heavy (non-hydrogen) atoms. The van der Waals surface area contributed by atoms with Crippen molar-refractivity contribution in [1.29, 1.82) is 0 Å². The molecule has 5 atom stereocenters. The number of aliphatic hydroxyl groups is 2. The summed E-state index contributed by atoms with van der Waals surface area (Å²) in [6.07, 6.45) is 9.63. The van der Waals surface area contributed by atoms with Crippen LogP contribution in [-0.4, -0.2) is 98.6 Å². The molecule has 0 aliphatic carbocycles. The summed E-state index contributed by atoms with van der Waals surface area (Å²) in [4.78, 5) is 33.4. The first-order chi connectivity index (χ1) is 21.4. The van der Waals surface area contributed by atoms with Crippen LogP contribution in [0, 0.1) is 0 Å². The fourth-order valence-electron chi connectivity index (χ4n) is 4.40. The van der Waals surface area contributed by atoms with Gasteiger partial charge in [0.05, 0.1) is 23.8 Å². The van der Waals surface area contributed by atoms with Crippen molar-refractivity contribution >= 4 is 29.6 Å². The van der Waals surface area contributed by atoms with E-state index in [1.807, 2.05) is 31.2 Å². The highest BCUT2D eigenvalue weighted by molar-refractivity contribution is 6.32. The molecule has 2 fully saturated rings. The Morgan fingerprint density at radius 2 is 1.91 bits per heavy atom. The van der Waals surface area contributed by atoms with E-state index in [1.54, 1.807) is 28.1 Å². The van der Waals surface area contributed by atoms with Gasteiger partial charge in [0.1, 0.15) is 17.9 Å². The minimum atomic E-state index is -0.817. The number of likely N-dealkylation sites (N-methyl/N-ethyl adjacent to an activating group) is 1. The molecular formula is C32H52ClN3O9. The number of hydrogen-bond donors (Lipinski definition) is 6. The number of alkyl carbamates (subject to hydrolysis) is 1. The lowest BCUT2D eigenvalue weighted by Gasteiger charge is -2.29. The number of cyclic esters (lactones) is 1. The second-order valence-corrected chi connectivity index (χ2v) is 11.0. The summed E-state index contributed by atoms with van der Waals surface area (Å²) in [6.45, 7) is 5.68. The van der Waals surface area contributed by atoms with Crippen LogP contribution in [0.15, 0.2) is 42.0 Å². The van der Waals surface area contributed by atoms with Gasteiger partial charge >= 0.3 is 12.1 Å². The van der Waals surface area contributed by atoms with Gasteiger partial charge in [0, 0.05) is 46.6 Å². The monoisotopic (exact) mass is 657 g/mol. The number of ether oxygens (including phenoxy) is 3. The molecule has 2 saturated heterocycles. The minimum Gasteiger partial charge on any atom is -0.495 e. The van der Waals surface area contributed by atoms with Gasteiger partial charge < -0.3 is 45.5 Å². The number of carboxylic acids is 1. The van der Waals surface area contributed by atoms with E-state index in [0.717, 1.165) is 39.0 Å². The van der Waals surface area contributed by atoms with Crippen molar-refractivity contribution in [3.8, 4) is 5.75 Å². The summed E-state index contributed by atoms with van der Waals surface area (Å²) in [5.41, 5.74) is 2.03. The molecule has 0 aromatic heterocycles. The summed E-state index contributed by atoms with van der Waals surface area (Å²) in [7, 11) is 6.85. The lowest BCUT2D eigenvalue weighted by molar-refractivity contribution is -0.138. The molecule has 2 aliphatic heterocycles. The smallest absolute Gasteiger partial charge is 0.407 e. The Kier molecular flexibility index (Phi) is 20.8. The van der Waals surface area contributed by atoms with Gasteiger partial charge in [-0.3, -0.25) is 9.59 Å². The van der Waals surface area contributed by atoms with Gasteiger partial charge in [-0.2, -0.15) is 0 Å². The van der Waals surface area contributed by atoms with Gasteiger partial charge in [0.15, 0.2) is 0 Å². The molecule has 13 heteroatoms. The highest BCUT2D eigenvalue weighted by atomic mass is 35.5. The zero-order chi connectivity index (χ0) is 34.6. The van der Waals surface area contributed by atoms with E-state index in [1.165, 1.54) is 5.57 Å². The third-order valence-corrected chi connectivity index (χ3v) is 7.53. The lowest BCUT2D eigenvalue weighted by atomic mass is 9.94. The van der Waals surface area contributed by atoms with Crippen LogP contribution < -0.4 is 20.7 Å². The molecule has 0 spiro atoms. The number of hydrogen-bond acceptors (Lipinski definition) is 9. The van der Waals surface area contributed by atoms with Gasteiger partial charge in [-0.05, 0) is 64.8 Å². The maximum absolute atomic E-state index is 12.0. The van der Waals surface area contributed by atoms with E-state index in [0.29, 0.717) is 30.0 Å². The molecule has 0 saturated carbocycles. The Morgan fingerprint density at radius 3 is 2.47 bits per heavy atom. The molecule has 256 valence electrons. The van der Waals surface area contributed by atoms with Crippen LogP contribution in [0.25, 0.3) is 0 Å². The Hall–Kier alpha value is -3.16. The first-order valence-corrected chi connectivity index (χ1v) is 15.1. The number of methoxy groups -OCH3 is 1. The van der Waals surface area contributed by atoms with E-state index < -0.39 is 12.0 Å². The average Bonchev–Trinajstić information content (AvgIpc) is 3.68. The number of carboxylic acid groups (broad SMARTS) is 1. The minimum absolute atomic E-state index is 0.00722. The Balaban J connectivity index is 0.00000153. The number of rotatable bonds is 13. The fraction of sp³-hybridized carbons (Fsp3) is 0.594. The fourth-order valence-corrected chi connectivity index (χ4v) is 4.60. The molecule has 1 aromatic rings. The van der Waals surface area contributed by atoms with E-state index >= 15 is 0 Å². The van der Waals surface area contributed by atoms with Gasteiger partial charge in [-0.1, -0.05) is 41.5 Å². The van der Waals surface area contributed by atoms with Crippen molar-refractivity contribution in [1.82, 2.24) is 16.0 Å². The summed E-state index contributed by atoms with van der Waals surface area (Å²) in [6, 6.07) is 5.39. The Bertz CT molecular complexity index is 1120. The van der Waals surface area contributed by atoms with Crippen molar-refractivity contribution in [2.24, 2.45) is 0 Å². The van der Waals surface area contributed by atoms with Crippen LogP contribution in [0.3, 0.4) is 0 Å². The highest BCUT2D eigenvalue weighted by Crippen LogP contribution is 2.44. The van der Waals surface area contributed by atoms with Crippen LogP contribution in [-0.2, 0) is 25.5 Å². The number of carbonyl (C=O) groups is 3. The summed E-state index contributed by atoms with van der Waals surface area (Å²) in [5.74, 6) is -0.133. The molecule has 3 rings (SSSR count). The van der Waals surface area contributed by atoms with Crippen molar-refractivity contribution in [3.05, 3.63) is 52.6 Å². The number of halogens is 1. The zero-order valence-corrected chi connectivity index (χ0v) is 28.4. The normalized spacial score (nSPS) is 22.5. The number of epoxide rings is 1. The van der Waals surface area contributed by atoms with E-state index in [4.69, 9.17) is 41.1 Å². The van der Waals surface area contributed by atoms with E-state index in [-0.39, 0.29) is 35.9 Å². The van der Waals surface area contributed by atoms with E-state index in [9.17, 15) is 14.4 Å². The molecule has 0 radical (unpaired) electrons. The van der Waals surface area contributed by atoms with Crippen LogP contribution in [0.1, 0.15) is 58.4 Å². The molecule has 0 bridgehead atoms. The molecule has 6 N–H and O–H groups in total. The summed E-state index contributed by atoms with van der Waals surface area (Å²) >= 11 is 6.09. The highest BCUT2D eigenvalue weighted by Gasteiger charge is 2.53. The number of carbonyl (C=O) groups excluding carboxylic acids is 2. The molecule has 12 nitrogen and oxygen atoms in total. The van der Waals surface area contributed by atoms with Gasteiger partial charge in [-0.25, -0.2) is 4.79 Å². The number of nitrogens with one attached hydrogen (secondary N) is 3. The topological polar surface area (TPSA) is 179 Å². The van der Waals surface area contributed by atoms with Crippen LogP contribution >= 0.6 is 11.6 Å². The molecule has 2 heterocycles. The van der Waals surface area contributed by atoms with Crippen molar-refractivity contribution in [2.75, 3.05) is 35.4 Å². The third kappa shape index (κ3) is 16.1. The van der Waals surface area contributed by atoms with Crippen LogP contribution in [0.2, 0.25) is 5.02 Å². The van der Waals surface area contributed by atoms with E-state index in [2.05, 4.69) is 35.0 Å². The first-order valence-electron chi connectivity index (χ1n) is 14.7. The summed E-state index contributed by atoms with van der Waals surface area (Å²) < 4.78 is 16.6. The lowest BCUT2D eigenvalue weighted by Crippen LogP contribution is -2.45. The van der Waals surface area contributed by atoms with Gasteiger partial charge in [0.2, 0.25) is 5.91 Å².